The lowest BCUT2D eigenvalue weighted by Crippen LogP contribution is -2.38. The topological polar surface area (TPSA) is 161 Å². The van der Waals surface area contributed by atoms with Gasteiger partial charge in [0.2, 0.25) is 11.8 Å². The molecule has 1 fully saturated rings. The number of rotatable bonds is 12. The average Bonchev–Trinajstić information content (AvgIpc) is 3.74. The summed E-state index contributed by atoms with van der Waals surface area (Å²) in [6.45, 7) is 4.05. The van der Waals surface area contributed by atoms with Crippen LogP contribution in [0.15, 0.2) is 59.5 Å². The van der Waals surface area contributed by atoms with Gasteiger partial charge in [-0.2, -0.15) is 5.10 Å². The predicted octanol–water partition coefficient (Wildman–Crippen LogP) is 5.76. The fourth-order valence-corrected chi connectivity index (χ4v) is 6.94. The highest BCUT2D eigenvalue weighted by molar-refractivity contribution is 6.39. The standard InChI is InChI=1S/C37H38Cl3N7O6/c1-37(2,51)19-41-16-30-45-47-17-20(13-29(47)35(49)46(30)3)22-7-5-8-23(32(22)39)24-9-6-10-25(33(24)40)28-14-27(38)26(34(44-28)52-4)18-53-36(50)42-15-21-11-12-31(48)43-21/h5-10,13-14,17,21,41,51H,11-12,15-16,18-19H2,1-4H3,(H,42,50)(H,43,48). The number of carbonyl (C=O) groups excluding carboxylic acids is 2. The number of halogens is 3. The number of ether oxygens (including phenoxy) is 2. The molecule has 0 aliphatic carbocycles. The van der Waals surface area contributed by atoms with Gasteiger partial charge in [0, 0.05) is 66.6 Å². The highest BCUT2D eigenvalue weighted by atomic mass is 35.5. The Bertz CT molecular complexity index is 2270. The molecule has 1 aliphatic rings. The third-order valence-electron chi connectivity index (χ3n) is 8.80. The first-order valence-electron chi connectivity index (χ1n) is 16.8. The van der Waals surface area contributed by atoms with Gasteiger partial charge in [-0.1, -0.05) is 71.2 Å². The second kappa shape index (κ2) is 15.7. The number of alkyl carbamates (subject to hydrolysis) is 1. The van der Waals surface area contributed by atoms with Gasteiger partial charge in [-0.15, -0.1) is 0 Å². The summed E-state index contributed by atoms with van der Waals surface area (Å²) in [7, 11) is 3.09. The van der Waals surface area contributed by atoms with Crippen molar-refractivity contribution in [3.05, 3.63) is 91.5 Å². The number of hydrogen-bond donors (Lipinski definition) is 4. The van der Waals surface area contributed by atoms with Crippen molar-refractivity contribution >= 4 is 52.3 Å². The lowest BCUT2D eigenvalue weighted by atomic mass is 9.97. The summed E-state index contributed by atoms with van der Waals surface area (Å²) < 4.78 is 13.9. The zero-order valence-electron chi connectivity index (χ0n) is 29.4. The van der Waals surface area contributed by atoms with Gasteiger partial charge in [-0.3, -0.25) is 14.2 Å². The van der Waals surface area contributed by atoms with Crippen LogP contribution in [0, 0.1) is 0 Å². The number of amides is 2. The second-order valence-corrected chi connectivity index (χ2v) is 14.5. The van der Waals surface area contributed by atoms with Crippen molar-refractivity contribution in [2.75, 3.05) is 20.2 Å². The molecule has 1 unspecified atom stereocenters. The third kappa shape index (κ3) is 8.45. The first kappa shape index (κ1) is 38.1. The quantitative estimate of drug-likeness (QED) is 0.123. The van der Waals surface area contributed by atoms with Gasteiger partial charge in [-0.05, 0) is 32.4 Å². The molecule has 0 radical (unpaired) electrons. The highest BCUT2D eigenvalue weighted by Crippen LogP contribution is 2.43. The first-order chi connectivity index (χ1) is 25.2. The summed E-state index contributed by atoms with van der Waals surface area (Å²) in [5, 5.41) is 24.3. The fourth-order valence-electron chi connectivity index (χ4n) is 6.04. The highest BCUT2D eigenvalue weighted by Gasteiger charge is 2.23. The van der Waals surface area contributed by atoms with Crippen molar-refractivity contribution in [1.29, 1.82) is 0 Å². The minimum atomic E-state index is -0.914. The van der Waals surface area contributed by atoms with E-state index in [9.17, 15) is 19.5 Å². The lowest BCUT2D eigenvalue weighted by molar-refractivity contribution is -0.119. The number of methoxy groups -OCH3 is 1. The summed E-state index contributed by atoms with van der Waals surface area (Å²) in [5.74, 6) is 0.610. The summed E-state index contributed by atoms with van der Waals surface area (Å²) in [6.07, 6.45) is 2.15. The zero-order chi connectivity index (χ0) is 38.0. The molecule has 53 heavy (non-hydrogen) atoms. The van der Waals surface area contributed by atoms with E-state index < -0.39 is 11.7 Å². The van der Waals surface area contributed by atoms with E-state index in [-0.39, 0.29) is 48.1 Å². The Hall–Kier alpha value is -4.66. The SMILES string of the molecule is COc1nc(-c2cccc(-c3cccc(-c4cc5c(=O)n(C)c(CNCC(C)(C)O)nn5c4)c3Cl)c2Cl)cc(Cl)c1COC(=O)NCC1CCC(=O)N1. The largest absolute Gasteiger partial charge is 0.481 e. The van der Waals surface area contributed by atoms with Crippen LogP contribution in [0.2, 0.25) is 15.1 Å². The van der Waals surface area contributed by atoms with E-state index in [2.05, 4.69) is 26.0 Å². The summed E-state index contributed by atoms with van der Waals surface area (Å²) >= 11 is 20.8. The molecule has 1 atom stereocenters. The van der Waals surface area contributed by atoms with Crippen molar-refractivity contribution in [3.8, 4) is 39.4 Å². The number of aromatic nitrogens is 4. The van der Waals surface area contributed by atoms with Crippen molar-refractivity contribution in [2.24, 2.45) is 7.05 Å². The molecule has 6 rings (SSSR count). The molecule has 0 saturated carbocycles. The number of carbonyl (C=O) groups is 2. The Kier molecular flexibility index (Phi) is 11.3. The van der Waals surface area contributed by atoms with E-state index in [1.165, 1.54) is 16.2 Å². The predicted molar refractivity (Wildman–Crippen MR) is 203 cm³/mol. The van der Waals surface area contributed by atoms with Crippen LogP contribution >= 0.6 is 34.8 Å². The van der Waals surface area contributed by atoms with E-state index in [1.807, 2.05) is 30.3 Å². The third-order valence-corrected chi connectivity index (χ3v) is 9.95. The number of benzene rings is 2. The molecule has 3 aromatic heterocycles. The van der Waals surface area contributed by atoms with Crippen LogP contribution < -0.4 is 26.2 Å². The Morgan fingerprint density at radius 2 is 1.74 bits per heavy atom. The molecule has 4 N–H and O–H groups in total. The molecule has 1 saturated heterocycles. The Morgan fingerprint density at radius 1 is 1.06 bits per heavy atom. The van der Waals surface area contributed by atoms with Gasteiger partial charge in [0.1, 0.15) is 17.9 Å². The van der Waals surface area contributed by atoms with E-state index in [1.54, 1.807) is 45.3 Å². The van der Waals surface area contributed by atoms with Crippen molar-refractivity contribution < 1.29 is 24.2 Å². The van der Waals surface area contributed by atoms with Crippen molar-refractivity contribution in [3.63, 3.8) is 0 Å². The number of hydrogen-bond acceptors (Lipinski definition) is 9. The molecular weight excluding hydrogens is 745 g/mol. The Morgan fingerprint density at radius 3 is 2.40 bits per heavy atom. The van der Waals surface area contributed by atoms with Crippen LogP contribution in [0.3, 0.4) is 0 Å². The molecule has 1 aliphatic heterocycles. The molecule has 4 heterocycles. The van der Waals surface area contributed by atoms with Crippen LogP contribution in [-0.4, -0.2) is 68.1 Å². The number of fused-ring (bicyclic) bond motifs is 1. The van der Waals surface area contributed by atoms with Crippen LogP contribution in [0.4, 0.5) is 4.79 Å². The Labute approximate surface area is 320 Å². The molecule has 0 bridgehead atoms. The normalized spacial score (nSPS) is 14.4. The van der Waals surface area contributed by atoms with Crippen LogP contribution in [-0.2, 0) is 29.7 Å². The van der Waals surface area contributed by atoms with Gasteiger partial charge in [0.05, 0.1) is 45.6 Å². The molecule has 0 spiro atoms. The van der Waals surface area contributed by atoms with Crippen molar-refractivity contribution in [1.82, 2.24) is 35.1 Å². The molecular formula is C37H38Cl3N7O6. The number of nitrogens with one attached hydrogen (secondary N) is 3. The van der Waals surface area contributed by atoms with Gasteiger partial charge in [0.15, 0.2) is 0 Å². The molecule has 278 valence electrons. The van der Waals surface area contributed by atoms with Crippen molar-refractivity contribution in [2.45, 2.75) is 51.5 Å². The van der Waals surface area contributed by atoms with Gasteiger partial charge in [-0.25, -0.2) is 14.3 Å². The monoisotopic (exact) mass is 781 g/mol. The lowest BCUT2D eigenvalue weighted by Gasteiger charge is -2.18. The number of pyridine rings is 1. The maximum atomic E-state index is 13.3. The van der Waals surface area contributed by atoms with Gasteiger partial charge < -0.3 is 30.5 Å². The maximum absolute atomic E-state index is 13.3. The van der Waals surface area contributed by atoms with Crippen LogP contribution in [0.5, 0.6) is 5.88 Å². The smallest absolute Gasteiger partial charge is 0.407 e. The summed E-state index contributed by atoms with van der Waals surface area (Å²) in [4.78, 5) is 41.7. The fraction of sp³-hybridized carbons (Fsp3) is 0.324. The molecule has 2 aromatic carbocycles. The molecule has 5 aromatic rings. The van der Waals surface area contributed by atoms with Gasteiger partial charge >= 0.3 is 6.09 Å². The summed E-state index contributed by atoms with van der Waals surface area (Å²) in [5.41, 5.74) is 3.22. The average molecular weight is 783 g/mol. The van der Waals surface area contributed by atoms with Crippen LogP contribution in [0.1, 0.15) is 38.1 Å². The minimum absolute atomic E-state index is 0.0449. The zero-order valence-corrected chi connectivity index (χ0v) is 31.7. The molecule has 13 nitrogen and oxygen atoms in total. The minimum Gasteiger partial charge on any atom is -0.481 e. The van der Waals surface area contributed by atoms with E-state index >= 15 is 0 Å². The van der Waals surface area contributed by atoms with E-state index in [0.717, 1.165) is 0 Å². The second-order valence-electron chi connectivity index (χ2n) is 13.3. The van der Waals surface area contributed by atoms with Crippen LogP contribution in [0.25, 0.3) is 39.0 Å². The Balaban J connectivity index is 1.25. The maximum Gasteiger partial charge on any atom is 0.407 e. The summed E-state index contributed by atoms with van der Waals surface area (Å²) in [6, 6.07) is 14.2. The van der Waals surface area contributed by atoms with E-state index in [0.29, 0.717) is 79.8 Å². The number of nitrogens with zero attached hydrogens (tertiary/aromatic N) is 4. The molecule has 16 heteroatoms. The van der Waals surface area contributed by atoms with Gasteiger partial charge in [0.25, 0.3) is 5.56 Å². The van der Waals surface area contributed by atoms with E-state index in [4.69, 9.17) is 44.3 Å². The first-order valence-corrected chi connectivity index (χ1v) is 17.9. The number of aliphatic hydroxyl groups is 1. The molecule has 2 amide bonds.